The Hall–Kier alpha value is -3.05. The first-order chi connectivity index (χ1) is 18.2. The summed E-state index contributed by atoms with van der Waals surface area (Å²) >= 11 is 1.49. The molecule has 38 heavy (non-hydrogen) atoms. The average Bonchev–Trinajstić information content (AvgIpc) is 3.59. The van der Waals surface area contributed by atoms with Gasteiger partial charge >= 0.3 is 5.97 Å². The van der Waals surface area contributed by atoms with Crippen LogP contribution in [-0.2, 0) is 25.6 Å². The third-order valence-corrected chi connectivity index (χ3v) is 7.77. The van der Waals surface area contributed by atoms with Gasteiger partial charge in [-0.2, -0.15) is 11.8 Å². The summed E-state index contributed by atoms with van der Waals surface area (Å²) in [4.78, 5) is 54.7. The highest BCUT2D eigenvalue weighted by Crippen LogP contribution is 2.20. The number of hydrogen-bond donors (Lipinski definition) is 6. The lowest BCUT2D eigenvalue weighted by molar-refractivity contribution is -0.142. The SMILES string of the molecule is CCC(C)C(NC(=O)C(Cc1c[nH]c2ccccc12)NC(=O)C1CCCN1)C(=O)NC(CCSC)C(=O)O. The highest BCUT2D eigenvalue weighted by atomic mass is 32.2. The van der Waals surface area contributed by atoms with Crippen molar-refractivity contribution in [1.29, 1.82) is 0 Å². The number of carbonyl (C=O) groups excluding carboxylic acids is 3. The predicted octanol–water partition coefficient (Wildman–Crippen LogP) is 1.80. The molecule has 1 aromatic heterocycles. The zero-order chi connectivity index (χ0) is 27.7. The number of aliphatic carboxylic acids is 1. The number of carbonyl (C=O) groups is 4. The van der Waals surface area contributed by atoms with Crippen LogP contribution >= 0.6 is 11.8 Å². The van der Waals surface area contributed by atoms with Gasteiger partial charge in [0, 0.05) is 23.5 Å². The van der Waals surface area contributed by atoms with E-state index in [9.17, 15) is 24.3 Å². The minimum absolute atomic E-state index is 0.231. The van der Waals surface area contributed by atoms with Crippen LogP contribution < -0.4 is 21.3 Å². The van der Waals surface area contributed by atoms with Gasteiger partial charge in [-0.25, -0.2) is 4.79 Å². The van der Waals surface area contributed by atoms with E-state index in [2.05, 4.69) is 26.3 Å². The molecule has 6 N–H and O–H groups in total. The Bertz CT molecular complexity index is 1120. The highest BCUT2D eigenvalue weighted by molar-refractivity contribution is 7.98. The van der Waals surface area contributed by atoms with Gasteiger partial charge in [-0.1, -0.05) is 38.5 Å². The van der Waals surface area contributed by atoms with E-state index in [1.807, 2.05) is 50.6 Å². The largest absolute Gasteiger partial charge is 0.480 e. The van der Waals surface area contributed by atoms with Gasteiger partial charge in [0.25, 0.3) is 0 Å². The molecule has 1 aliphatic rings. The number of thioether (sulfide) groups is 1. The number of nitrogens with one attached hydrogen (secondary N) is 5. The summed E-state index contributed by atoms with van der Waals surface area (Å²) in [6, 6.07) is 4.43. The molecule has 2 aromatic rings. The predicted molar refractivity (Wildman–Crippen MR) is 149 cm³/mol. The van der Waals surface area contributed by atoms with Crippen molar-refractivity contribution in [3.05, 3.63) is 36.0 Å². The molecule has 0 radical (unpaired) electrons. The maximum Gasteiger partial charge on any atom is 0.326 e. The Morgan fingerprint density at radius 1 is 1.11 bits per heavy atom. The number of carboxylic acid groups (broad SMARTS) is 1. The smallest absolute Gasteiger partial charge is 0.326 e. The molecule has 2 heterocycles. The number of aromatic nitrogens is 1. The molecule has 11 heteroatoms. The summed E-state index contributed by atoms with van der Waals surface area (Å²) in [6.45, 7) is 4.48. The van der Waals surface area contributed by atoms with Crippen LogP contribution in [0.3, 0.4) is 0 Å². The van der Waals surface area contributed by atoms with E-state index >= 15 is 0 Å². The Morgan fingerprint density at radius 2 is 1.87 bits per heavy atom. The number of para-hydroxylation sites is 1. The third kappa shape index (κ3) is 7.73. The maximum absolute atomic E-state index is 13.6. The molecule has 1 fully saturated rings. The highest BCUT2D eigenvalue weighted by Gasteiger charge is 2.33. The standard InChI is InChI=1S/C27H39N5O5S/c1-4-16(2)23(26(35)30-21(27(36)37)11-13-38-3)32-25(34)22(31-24(33)20-10-7-12-28-20)14-17-15-29-19-9-6-5-8-18(17)19/h5-6,8-9,15-16,20-23,28-29H,4,7,10-14H2,1-3H3,(H,30,35)(H,31,33)(H,32,34)(H,36,37). The van der Waals surface area contributed by atoms with Crippen LogP contribution in [0.1, 0.15) is 45.1 Å². The average molecular weight is 546 g/mol. The van der Waals surface area contributed by atoms with Gasteiger partial charge in [0.2, 0.25) is 17.7 Å². The Morgan fingerprint density at radius 3 is 2.53 bits per heavy atom. The monoisotopic (exact) mass is 545 g/mol. The molecule has 3 amide bonds. The van der Waals surface area contributed by atoms with Crippen LogP contribution in [-0.4, -0.2) is 76.5 Å². The summed E-state index contributed by atoms with van der Waals surface area (Å²) in [5.41, 5.74) is 1.79. The van der Waals surface area contributed by atoms with E-state index in [-0.39, 0.29) is 30.7 Å². The fourth-order valence-electron chi connectivity index (χ4n) is 4.62. The molecule has 0 aliphatic carbocycles. The molecule has 0 bridgehead atoms. The minimum atomic E-state index is -1.12. The van der Waals surface area contributed by atoms with Crippen molar-refractivity contribution >= 4 is 46.4 Å². The second kappa shape index (κ2) is 14.2. The molecule has 1 aromatic carbocycles. The lowest BCUT2D eigenvalue weighted by Crippen LogP contribution is -2.59. The topological polar surface area (TPSA) is 152 Å². The lowest BCUT2D eigenvalue weighted by atomic mass is 9.96. The zero-order valence-corrected chi connectivity index (χ0v) is 23.0. The number of rotatable bonds is 14. The van der Waals surface area contributed by atoms with Crippen LogP contribution in [0.25, 0.3) is 10.9 Å². The number of benzene rings is 1. The molecule has 5 unspecified atom stereocenters. The van der Waals surface area contributed by atoms with Gasteiger partial charge in [-0.15, -0.1) is 0 Å². The summed E-state index contributed by atoms with van der Waals surface area (Å²) in [6.07, 6.45) is 6.36. The molecule has 208 valence electrons. The summed E-state index contributed by atoms with van der Waals surface area (Å²) in [5, 5.41) is 22.0. The van der Waals surface area contributed by atoms with E-state index in [0.717, 1.165) is 29.4 Å². The lowest BCUT2D eigenvalue weighted by Gasteiger charge is -2.28. The first-order valence-electron chi connectivity index (χ1n) is 13.2. The van der Waals surface area contributed by atoms with Crippen molar-refractivity contribution in [2.24, 2.45) is 5.92 Å². The molecule has 10 nitrogen and oxygen atoms in total. The number of amides is 3. The maximum atomic E-state index is 13.6. The van der Waals surface area contributed by atoms with Crippen LogP contribution in [0.4, 0.5) is 0 Å². The Balaban J connectivity index is 1.81. The van der Waals surface area contributed by atoms with Gasteiger partial charge in [0.1, 0.15) is 18.1 Å². The van der Waals surface area contributed by atoms with E-state index < -0.39 is 35.9 Å². The van der Waals surface area contributed by atoms with Gasteiger partial charge in [0.05, 0.1) is 6.04 Å². The van der Waals surface area contributed by atoms with E-state index in [1.165, 1.54) is 11.8 Å². The van der Waals surface area contributed by atoms with Gasteiger partial charge < -0.3 is 31.4 Å². The fourth-order valence-corrected chi connectivity index (χ4v) is 5.09. The van der Waals surface area contributed by atoms with Gasteiger partial charge in [0.15, 0.2) is 0 Å². The molecule has 1 saturated heterocycles. The van der Waals surface area contributed by atoms with Crippen molar-refractivity contribution in [2.45, 2.75) is 70.1 Å². The number of hydrogen-bond acceptors (Lipinski definition) is 6. The summed E-state index contributed by atoms with van der Waals surface area (Å²) < 4.78 is 0. The van der Waals surface area contributed by atoms with Gasteiger partial charge in [-0.05, 0) is 55.4 Å². The Labute approximate surface area is 227 Å². The van der Waals surface area contributed by atoms with Crippen molar-refractivity contribution < 1.29 is 24.3 Å². The molecular formula is C27H39N5O5S. The molecule has 0 saturated carbocycles. The quantitative estimate of drug-likeness (QED) is 0.212. The third-order valence-electron chi connectivity index (χ3n) is 7.13. The zero-order valence-electron chi connectivity index (χ0n) is 22.2. The summed E-state index contributed by atoms with van der Waals surface area (Å²) in [5.74, 6) is -2.08. The molecule has 1 aliphatic heterocycles. The van der Waals surface area contributed by atoms with E-state index in [4.69, 9.17) is 0 Å². The molecular weight excluding hydrogens is 506 g/mol. The Kier molecular flexibility index (Phi) is 11.0. The van der Waals surface area contributed by atoms with Gasteiger partial charge in [-0.3, -0.25) is 14.4 Å². The summed E-state index contributed by atoms with van der Waals surface area (Å²) in [7, 11) is 0. The second-order valence-corrected chi connectivity index (χ2v) is 10.8. The van der Waals surface area contributed by atoms with Crippen molar-refractivity contribution in [1.82, 2.24) is 26.3 Å². The first-order valence-corrected chi connectivity index (χ1v) is 14.6. The van der Waals surface area contributed by atoms with Crippen LogP contribution in [0.5, 0.6) is 0 Å². The van der Waals surface area contributed by atoms with Crippen molar-refractivity contribution in [3.63, 3.8) is 0 Å². The molecule has 3 rings (SSSR count). The number of carboxylic acids is 1. The number of aromatic amines is 1. The van der Waals surface area contributed by atoms with Crippen LogP contribution in [0.2, 0.25) is 0 Å². The van der Waals surface area contributed by atoms with Crippen molar-refractivity contribution in [3.8, 4) is 0 Å². The fraction of sp³-hybridized carbons (Fsp3) is 0.556. The van der Waals surface area contributed by atoms with Crippen LogP contribution in [0, 0.1) is 5.92 Å². The van der Waals surface area contributed by atoms with Crippen LogP contribution in [0.15, 0.2) is 30.5 Å². The van der Waals surface area contributed by atoms with E-state index in [0.29, 0.717) is 18.6 Å². The number of fused-ring (bicyclic) bond motifs is 1. The number of H-pyrrole nitrogens is 1. The minimum Gasteiger partial charge on any atom is -0.480 e. The normalized spacial score (nSPS) is 18.3. The first kappa shape index (κ1) is 29.5. The molecule has 0 spiro atoms. The second-order valence-electron chi connectivity index (χ2n) is 9.83. The van der Waals surface area contributed by atoms with Crippen molar-refractivity contribution in [2.75, 3.05) is 18.6 Å². The molecule has 5 atom stereocenters. The van der Waals surface area contributed by atoms with E-state index in [1.54, 1.807) is 0 Å².